The molecular formula is C15H21N. The molecule has 2 N–H and O–H groups in total. The molecule has 1 aliphatic carbocycles. The van der Waals surface area contributed by atoms with E-state index in [0.717, 1.165) is 6.42 Å². The van der Waals surface area contributed by atoms with Crippen LogP contribution in [0.2, 0.25) is 0 Å². The van der Waals surface area contributed by atoms with Gasteiger partial charge in [0.05, 0.1) is 0 Å². The lowest BCUT2D eigenvalue weighted by Crippen LogP contribution is -2.20. The zero-order valence-electron chi connectivity index (χ0n) is 10.1. The molecule has 0 saturated carbocycles. The summed E-state index contributed by atoms with van der Waals surface area (Å²) in [4.78, 5) is 0. The zero-order valence-corrected chi connectivity index (χ0v) is 10.1. The molecule has 0 aromatic heterocycles. The second-order valence-corrected chi connectivity index (χ2v) is 4.70. The molecule has 1 nitrogen and oxygen atoms in total. The average molecular weight is 215 g/mol. The van der Waals surface area contributed by atoms with Crippen LogP contribution in [0.3, 0.4) is 0 Å². The molecule has 16 heavy (non-hydrogen) atoms. The molecule has 1 aromatic rings. The Kier molecular flexibility index (Phi) is 3.79. The molecule has 86 valence electrons. The largest absolute Gasteiger partial charge is 0.324 e. The summed E-state index contributed by atoms with van der Waals surface area (Å²) in [5, 5.41) is 0. The van der Waals surface area contributed by atoms with Gasteiger partial charge in [0.2, 0.25) is 0 Å². The van der Waals surface area contributed by atoms with Gasteiger partial charge in [-0.1, -0.05) is 43.7 Å². The lowest BCUT2D eigenvalue weighted by molar-refractivity contribution is 0.654. The van der Waals surface area contributed by atoms with Gasteiger partial charge in [-0.2, -0.15) is 0 Å². The smallest absolute Gasteiger partial charge is 0.0229 e. The molecule has 0 aliphatic heterocycles. The maximum absolute atomic E-state index is 5.98. The molecular weight excluding hydrogens is 194 g/mol. The van der Waals surface area contributed by atoms with E-state index in [-0.39, 0.29) is 6.04 Å². The van der Waals surface area contributed by atoms with Gasteiger partial charge >= 0.3 is 0 Å². The molecule has 0 saturated heterocycles. The topological polar surface area (TPSA) is 26.0 Å². The molecule has 0 spiro atoms. The van der Waals surface area contributed by atoms with E-state index in [9.17, 15) is 0 Å². The van der Waals surface area contributed by atoms with E-state index in [1.54, 1.807) is 0 Å². The van der Waals surface area contributed by atoms with Crippen LogP contribution in [0.15, 0.2) is 30.3 Å². The van der Waals surface area contributed by atoms with Crippen molar-refractivity contribution in [1.29, 1.82) is 0 Å². The van der Waals surface area contributed by atoms with Gasteiger partial charge in [-0.25, -0.2) is 0 Å². The van der Waals surface area contributed by atoms with Gasteiger partial charge < -0.3 is 5.73 Å². The van der Waals surface area contributed by atoms with Crippen molar-refractivity contribution in [2.45, 2.75) is 45.1 Å². The minimum atomic E-state index is 0.263. The van der Waals surface area contributed by atoms with E-state index in [4.69, 9.17) is 5.73 Å². The Morgan fingerprint density at radius 2 is 2.25 bits per heavy atom. The van der Waals surface area contributed by atoms with Gasteiger partial charge in [-0.3, -0.25) is 0 Å². The SMILES string of the molecule is CCCc1cccc(C2=CC(N)CCC2)c1. The van der Waals surface area contributed by atoms with Crippen LogP contribution in [-0.2, 0) is 6.42 Å². The highest BCUT2D eigenvalue weighted by molar-refractivity contribution is 5.67. The first kappa shape index (κ1) is 11.4. The van der Waals surface area contributed by atoms with E-state index in [1.165, 1.54) is 42.4 Å². The van der Waals surface area contributed by atoms with Crippen LogP contribution in [0.1, 0.15) is 43.7 Å². The predicted octanol–water partition coefficient (Wildman–Crippen LogP) is 3.53. The average Bonchev–Trinajstić information content (AvgIpc) is 2.30. The molecule has 1 unspecified atom stereocenters. The van der Waals surface area contributed by atoms with E-state index in [0.29, 0.717) is 0 Å². The Labute approximate surface area is 98.4 Å². The standard InChI is InChI=1S/C15H21N/c1-2-5-12-6-3-7-13(10-12)14-8-4-9-15(16)11-14/h3,6-7,10-11,15H,2,4-5,8-9,16H2,1H3. The number of aryl methyl sites for hydroxylation is 1. The third-order valence-electron chi connectivity index (χ3n) is 3.24. The van der Waals surface area contributed by atoms with Gasteiger partial charge in [-0.05, 0) is 42.4 Å². The molecule has 0 heterocycles. The maximum Gasteiger partial charge on any atom is 0.0229 e. The predicted molar refractivity (Wildman–Crippen MR) is 70.2 cm³/mol. The summed E-state index contributed by atoms with van der Waals surface area (Å²) in [6.07, 6.45) is 8.18. The van der Waals surface area contributed by atoms with E-state index in [2.05, 4.69) is 37.3 Å². The molecule has 0 radical (unpaired) electrons. The Hall–Kier alpha value is -1.08. The Morgan fingerprint density at radius 1 is 1.38 bits per heavy atom. The van der Waals surface area contributed by atoms with Crippen LogP contribution in [0.4, 0.5) is 0 Å². The lowest BCUT2D eigenvalue weighted by Gasteiger charge is -2.18. The van der Waals surface area contributed by atoms with E-state index < -0.39 is 0 Å². The molecule has 1 heteroatoms. The highest BCUT2D eigenvalue weighted by Crippen LogP contribution is 2.26. The molecule has 0 fully saturated rings. The summed E-state index contributed by atoms with van der Waals surface area (Å²) in [7, 11) is 0. The fourth-order valence-corrected chi connectivity index (χ4v) is 2.41. The van der Waals surface area contributed by atoms with Crippen molar-refractivity contribution in [2.24, 2.45) is 5.73 Å². The second kappa shape index (κ2) is 5.31. The first-order valence-electron chi connectivity index (χ1n) is 6.35. The second-order valence-electron chi connectivity index (χ2n) is 4.70. The third-order valence-corrected chi connectivity index (χ3v) is 3.24. The van der Waals surface area contributed by atoms with Crippen LogP contribution in [-0.4, -0.2) is 6.04 Å². The van der Waals surface area contributed by atoms with Crippen molar-refractivity contribution in [3.63, 3.8) is 0 Å². The van der Waals surface area contributed by atoms with Crippen molar-refractivity contribution in [3.05, 3.63) is 41.5 Å². The number of benzene rings is 1. The van der Waals surface area contributed by atoms with E-state index in [1.807, 2.05) is 0 Å². The molecule has 2 rings (SSSR count). The number of rotatable bonds is 3. The summed E-state index contributed by atoms with van der Waals surface area (Å²) in [5.74, 6) is 0. The summed E-state index contributed by atoms with van der Waals surface area (Å²) < 4.78 is 0. The monoisotopic (exact) mass is 215 g/mol. The fraction of sp³-hybridized carbons (Fsp3) is 0.467. The normalized spacial score (nSPS) is 20.6. The van der Waals surface area contributed by atoms with Crippen LogP contribution in [0.25, 0.3) is 5.57 Å². The van der Waals surface area contributed by atoms with Crippen molar-refractivity contribution in [3.8, 4) is 0 Å². The highest BCUT2D eigenvalue weighted by atomic mass is 14.6. The zero-order chi connectivity index (χ0) is 11.4. The maximum atomic E-state index is 5.98. The molecule has 1 aliphatic rings. The summed E-state index contributed by atoms with van der Waals surface area (Å²) >= 11 is 0. The van der Waals surface area contributed by atoms with Gasteiger partial charge in [0.25, 0.3) is 0 Å². The number of nitrogens with two attached hydrogens (primary N) is 1. The minimum absolute atomic E-state index is 0.263. The Morgan fingerprint density at radius 3 is 3.00 bits per heavy atom. The molecule has 0 bridgehead atoms. The van der Waals surface area contributed by atoms with Gasteiger partial charge in [0.15, 0.2) is 0 Å². The van der Waals surface area contributed by atoms with Crippen molar-refractivity contribution in [2.75, 3.05) is 0 Å². The highest BCUT2D eigenvalue weighted by Gasteiger charge is 2.11. The van der Waals surface area contributed by atoms with Crippen molar-refractivity contribution >= 4 is 5.57 Å². The first-order chi connectivity index (χ1) is 7.79. The summed E-state index contributed by atoms with van der Waals surface area (Å²) in [6, 6.07) is 9.19. The van der Waals surface area contributed by atoms with Gasteiger partial charge in [0, 0.05) is 6.04 Å². The first-order valence-corrected chi connectivity index (χ1v) is 6.35. The van der Waals surface area contributed by atoms with Crippen LogP contribution < -0.4 is 5.73 Å². The molecule has 0 amide bonds. The molecule has 1 aromatic carbocycles. The summed E-state index contributed by atoms with van der Waals surface area (Å²) in [6.45, 7) is 2.22. The number of hydrogen-bond donors (Lipinski definition) is 1. The quantitative estimate of drug-likeness (QED) is 0.820. The fourth-order valence-electron chi connectivity index (χ4n) is 2.41. The van der Waals surface area contributed by atoms with E-state index >= 15 is 0 Å². The lowest BCUT2D eigenvalue weighted by atomic mass is 9.90. The van der Waals surface area contributed by atoms with Crippen LogP contribution in [0, 0.1) is 0 Å². The number of hydrogen-bond acceptors (Lipinski definition) is 1. The number of allylic oxidation sites excluding steroid dienone is 1. The van der Waals surface area contributed by atoms with Crippen molar-refractivity contribution < 1.29 is 0 Å². The Balaban J connectivity index is 2.22. The van der Waals surface area contributed by atoms with Gasteiger partial charge in [-0.15, -0.1) is 0 Å². The minimum Gasteiger partial charge on any atom is -0.324 e. The Bertz CT molecular complexity index is 379. The summed E-state index contributed by atoms with van der Waals surface area (Å²) in [5.41, 5.74) is 10.2. The van der Waals surface area contributed by atoms with Crippen molar-refractivity contribution in [1.82, 2.24) is 0 Å². The third kappa shape index (κ3) is 2.73. The van der Waals surface area contributed by atoms with Crippen LogP contribution >= 0.6 is 0 Å². The van der Waals surface area contributed by atoms with Gasteiger partial charge in [0.1, 0.15) is 0 Å². The van der Waals surface area contributed by atoms with Crippen LogP contribution in [0.5, 0.6) is 0 Å². The molecule has 1 atom stereocenters.